The average molecular weight is 409 g/mol. The Hall–Kier alpha value is -2.54. The maximum Gasteiger partial charge on any atom is 0.253 e. The minimum atomic E-state index is -0.279. The molecule has 1 aliphatic heterocycles. The minimum Gasteiger partial charge on any atom is -0.322 e. The van der Waals surface area contributed by atoms with E-state index in [2.05, 4.69) is 72.2 Å². The summed E-state index contributed by atoms with van der Waals surface area (Å²) in [6.07, 6.45) is 3.18. The van der Waals surface area contributed by atoms with Crippen molar-refractivity contribution in [3.63, 3.8) is 0 Å². The molecule has 1 N–H and O–H groups in total. The first-order chi connectivity index (χ1) is 14.3. The highest BCUT2D eigenvalue weighted by Crippen LogP contribution is 2.32. The van der Waals surface area contributed by atoms with Crippen LogP contribution in [0.1, 0.15) is 70.5 Å². The molecule has 1 saturated heterocycles. The molecule has 30 heavy (non-hydrogen) atoms. The van der Waals surface area contributed by atoms with Gasteiger partial charge in [0.25, 0.3) is 5.56 Å². The van der Waals surface area contributed by atoms with Crippen molar-refractivity contribution in [2.75, 3.05) is 13.1 Å². The fourth-order valence-electron chi connectivity index (χ4n) is 4.32. The van der Waals surface area contributed by atoms with Gasteiger partial charge in [0, 0.05) is 11.1 Å². The molecule has 1 aliphatic rings. The van der Waals surface area contributed by atoms with Crippen LogP contribution in [-0.2, 0) is 12.0 Å². The Balaban J connectivity index is 1.89. The van der Waals surface area contributed by atoms with Gasteiger partial charge in [-0.1, -0.05) is 19.9 Å². The number of pyridine rings is 1. The van der Waals surface area contributed by atoms with E-state index in [1.807, 2.05) is 16.8 Å². The normalized spacial score (nSPS) is 17.5. The number of H-pyrrole nitrogens is 1. The second-order valence-electron chi connectivity index (χ2n) is 9.57. The molecular formula is C23H32N6O. The van der Waals surface area contributed by atoms with Crippen LogP contribution >= 0.6 is 0 Å². The Kier molecular flexibility index (Phi) is 5.49. The smallest absolute Gasteiger partial charge is 0.253 e. The lowest BCUT2D eigenvalue weighted by molar-refractivity contribution is 0.144. The fourth-order valence-corrected chi connectivity index (χ4v) is 4.32. The molecule has 0 radical (unpaired) electrons. The number of piperidine rings is 1. The van der Waals surface area contributed by atoms with Gasteiger partial charge in [-0.3, -0.25) is 9.69 Å². The van der Waals surface area contributed by atoms with Gasteiger partial charge in [0.15, 0.2) is 5.82 Å². The van der Waals surface area contributed by atoms with Crippen LogP contribution in [-0.4, -0.2) is 43.2 Å². The van der Waals surface area contributed by atoms with Crippen LogP contribution in [0.4, 0.5) is 0 Å². The summed E-state index contributed by atoms with van der Waals surface area (Å²) in [5.74, 6) is 1.43. The zero-order valence-corrected chi connectivity index (χ0v) is 18.6. The third-order valence-electron chi connectivity index (χ3n) is 6.20. The maximum absolute atomic E-state index is 13.2. The van der Waals surface area contributed by atoms with Crippen molar-refractivity contribution in [1.29, 1.82) is 0 Å². The van der Waals surface area contributed by atoms with E-state index in [1.165, 1.54) is 5.56 Å². The molecule has 7 heteroatoms. The van der Waals surface area contributed by atoms with Crippen LogP contribution in [0.2, 0.25) is 0 Å². The Bertz CT molecular complexity index is 1090. The first-order valence-electron chi connectivity index (χ1n) is 11.0. The van der Waals surface area contributed by atoms with Crippen LogP contribution in [0.5, 0.6) is 0 Å². The SMILES string of the molecule is CCc1ccc2[nH]c(=O)c([C@H](c3nnnn3C(C)(C)C)N3CCC(C)CC3)cc2c1. The standard InChI is InChI=1S/C23H32N6O/c1-6-16-7-8-19-17(13-16)14-18(22(30)24-19)20(28-11-9-15(2)10-12-28)21-25-26-27-29(21)23(3,4)5/h7-8,13-15,20H,6,9-12H2,1-5H3,(H,24,30)/t20-/m1/s1. The minimum absolute atomic E-state index is 0.0705. The molecule has 7 nitrogen and oxygen atoms in total. The summed E-state index contributed by atoms with van der Waals surface area (Å²) in [7, 11) is 0. The zero-order valence-electron chi connectivity index (χ0n) is 18.6. The molecule has 0 bridgehead atoms. The summed E-state index contributed by atoms with van der Waals surface area (Å²) in [5, 5.41) is 13.7. The number of aromatic nitrogens is 5. The average Bonchev–Trinajstić information content (AvgIpc) is 3.19. The van der Waals surface area contributed by atoms with Gasteiger partial charge < -0.3 is 4.98 Å². The number of fused-ring (bicyclic) bond motifs is 1. The number of aryl methyl sites for hydroxylation is 1. The van der Waals surface area contributed by atoms with Crippen LogP contribution in [0.15, 0.2) is 29.1 Å². The lowest BCUT2D eigenvalue weighted by Crippen LogP contribution is -2.41. The number of tetrazole rings is 1. The number of benzene rings is 1. The lowest BCUT2D eigenvalue weighted by atomic mass is 9.94. The van der Waals surface area contributed by atoms with Gasteiger partial charge in [-0.15, -0.1) is 5.10 Å². The Labute approximate surface area is 177 Å². The van der Waals surface area contributed by atoms with Crippen molar-refractivity contribution in [2.24, 2.45) is 5.92 Å². The molecule has 0 unspecified atom stereocenters. The first kappa shape index (κ1) is 20.7. The van der Waals surface area contributed by atoms with E-state index in [0.29, 0.717) is 11.5 Å². The van der Waals surface area contributed by atoms with E-state index >= 15 is 0 Å². The predicted molar refractivity (Wildman–Crippen MR) is 119 cm³/mol. The number of nitrogens with zero attached hydrogens (tertiary/aromatic N) is 5. The number of aromatic amines is 1. The molecule has 0 amide bonds. The molecule has 3 aromatic rings. The highest BCUT2D eigenvalue weighted by atomic mass is 16.1. The molecule has 1 aromatic carbocycles. The van der Waals surface area contributed by atoms with Gasteiger partial charge >= 0.3 is 0 Å². The summed E-state index contributed by atoms with van der Waals surface area (Å²) in [5.41, 5.74) is 2.48. The van der Waals surface area contributed by atoms with Gasteiger partial charge in [0.05, 0.1) is 5.54 Å². The summed E-state index contributed by atoms with van der Waals surface area (Å²) < 4.78 is 1.86. The molecule has 4 rings (SSSR count). The molecule has 0 aliphatic carbocycles. The number of nitrogens with one attached hydrogen (secondary N) is 1. The second kappa shape index (κ2) is 7.95. The van der Waals surface area contributed by atoms with E-state index in [9.17, 15) is 4.79 Å². The summed E-state index contributed by atoms with van der Waals surface area (Å²) in [6, 6.07) is 8.00. The molecule has 0 saturated carbocycles. The molecule has 3 heterocycles. The van der Waals surface area contributed by atoms with E-state index in [-0.39, 0.29) is 17.1 Å². The molecule has 1 atom stereocenters. The lowest BCUT2D eigenvalue weighted by Gasteiger charge is -2.36. The van der Waals surface area contributed by atoms with Gasteiger partial charge in [0.2, 0.25) is 0 Å². The molecule has 1 fully saturated rings. The van der Waals surface area contributed by atoms with E-state index in [1.54, 1.807) is 0 Å². The third-order valence-corrected chi connectivity index (χ3v) is 6.20. The van der Waals surface area contributed by atoms with Gasteiger partial charge in [-0.05, 0) is 98.6 Å². The summed E-state index contributed by atoms with van der Waals surface area (Å²) >= 11 is 0. The number of hydrogen-bond acceptors (Lipinski definition) is 5. The number of hydrogen-bond donors (Lipinski definition) is 1. The fraction of sp³-hybridized carbons (Fsp3) is 0.565. The van der Waals surface area contributed by atoms with Crippen molar-refractivity contribution in [2.45, 2.75) is 65.5 Å². The maximum atomic E-state index is 13.2. The van der Waals surface area contributed by atoms with E-state index in [0.717, 1.165) is 49.1 Å². The molecular weight excluding hydrogens is 376 g/mol. The largest absolute Gasteiger partial charge is 0.322 e. The quantitative estimate of drug-likeness (QED) is 0.713. The van der Waals surface area contributed by atoms with Crippen molar-refractivity contribution >= 4 is 10.9 Å². The highest BCUT2D eigenvalue weighted by Gasteiger charge is 2.34. The van der Waals surface area contributed by atoms with Gasteiger partial charge in [-0.2, -0.15) is 0 Å². The molecule has 2 aromatic heterocycles. The number of rotatable bonds is 4. The van der Waals surface area contributed by atoms with Crippen molar-refractivity contribution in [3.8, 4) is 0 Å². The topological polar surface area (TPSA) is 79.7 Å². The Morgan fingerprint density at radius 2 is 1.93 bits per heavy atom. The number of likely N-dealkylation sites (tertiary alicyclic amines) is 1. The van der Waals surface area contributed by atoms with Crippen LogP contribution < -0.4 is 5.56 Å². The van der Waals surface area contributed by atoms with E-state index in [4.69, 9.17) is 0 Å². The summed E-state index contributed by atoms with van der Waals surface area (Å²) in [4.78, 5) is 18.7. The Morgan fingerprint density at radius 1 is 1.20 bits per heavy atom. The Morgan fingerprint density at radius 3 is 2.60 bits per heavy atom. The van der Waals surface area contributed by atoms with Crippen molar-refractivity contribution in [3.05, 3.63) is 51.6 Å². The van der Waals surface area contributed by atoms with Crippen molar-refractivity contribution in [1.82, 2.24) is 30.1 Å². The second-order valence-corrected chi connectivity index (χ2v) is 9.57. The van der Waals surface area contributed by atoms with Crippen LogP contribution in [0.25, 0.3) is 10.9 Å². The third kappa shape index (κ3) is 3.90. The van der Waals surface area contributed by atoms with Gasteiger partial charge in [-0.25, -0.2) is 4.68 Å². The molecule has 160 valence electrons. The zero-order chi connectivity index (χ0) is 21.5. The van der Waals surface area contributed by atoms with Crippen molar-refractivity contribution < 1.29 is 0 Å². The predicted octanol–water partition coefficient (Wildman–Crippen LogP) is 3.65. The van der Waals surface area contributed by atoms with Crippen LogP contribution in [0.3, 0.4) is 0 Å². The summed E-state index contributed by atoms with van der Waals surface area (Å²) in [6.45, 7) is 12.5. The first-order valence-corrected chi connectivity index (χ1v) is 11.0. The van der Waals surface area contributed by atoms with Crippen LogP contribution in [0, 0.1) is 5.92 Å². The van der Waals surface area contributed by atoms with E-state index < -0.39 is 0 Å². The highest BCUT2D eigenvalue weighted by molar-refractivity contribution is 5.80. The monoisotopic (exact) mass is 408 g/mol. The molecule has 0 spiro atoms. The van der Waals surface area contributed by atoms with Gasteiger partial charge in [0.1, 0.15) is 6.04 Å².